The fourth-order valence-electron chi connectivity index (χ4n) is 2.39. The number of carbonyl (C=O) groups excluding carboxylic acids is 1. The predicted molar refractivity (Wildman–Crippen MR) is 84.9 cm³/mol. The quantitative estimate of drug-likeness (QED) is 0.879. The van der Waals surface area contributed by atoms with Crippen molar-refractivity contribution in [1.29, 1.82) is 0 Å². The first-order valence-electron chi connectivity index (χ1n) is 6.54. The summed E-state index contributed by atoms with van der Waals surface area (Å²) in [6, 6.07) is 15.0. The number of halogens is 1. The molecule has 0 aliphatic carbocycles. The number of para-hydroxylation sites is 1. The van der Waals surface area contributed by atoms with Crippen LogP contribution in [0.5, 0.6) is 0 Å². The van der Waals surface area contributed by atoms with Crippen molar-refractivity contribution in [2.75, 3.05) is 11.9 Å². The van der Waals surface area contributed by atoms with Gasteiger partial charge in [0.05, 0.1) is 11.4 Å². The van der Waals surface area contributed by atoms with E-state index >= 15 is 0 Å². The van der Waals surface area contributed by atoms with E-state index in [0.717, 1.165) is 16.8 Å². The fraction of sp³-hybridized carbons (Fsp3) is 0.125. The third-order valence-electron chi connectivity index (χ3n) is 3.49. The van der Waals surface area contributed by atoms with Gasteiger partial charge in [-0.2, -0.15) is 0 Å². The van der Waals surface area contributed by atoms with E-state index in [1.165, 1.54) is 0 Å². The SMILES string of the molecule is CN1C(=O)C(N)N=C(c2ccc(Cl)cc2)c2ccccc21. The van der Waals surface area contributed by atoms with Crippen LogP contribution in [0.4, 0.5) is 5.69 Å². The standard InChI is InChI=1S/C16H14ClN3O/c1-20-13-5-3-2-4-12(13)14(19-15(18)16(20)21)10-6-8-11(17)9-7-10/h2-9,15H,18H2,1H3. The van der Waals surface area contributed by atoms with Crippen LogP contribution < -0.4 is 10.6 Å². The second-order valence-electron chi connectivity index (χ2n) is 4.84. The van der Waals surface area contributed by atoms with Gasteiger partial charge in [0.2, 0.25) is 0 Å². The number of fused-ring (bicyclic) bond motifs is 1. The molecule has 0 aromatic heterocycles. The molecule has 1 unspecified atom stereocenters. The van der Waals surface area contributed by atoms with Crippen LogP contribution in [0.3, 0.4) is 0 Å². The summed E-state index contributed by atoms with van der Waals surface area (Å²) in [6.45, 7) is 0. The number of nitrogens with zero attached hydrogens (tertiary/aromatic N) is 2. The Hall–Kier alpha value is -2.17. The van der Waals surface area contributed by atoms with E-state index in [4.69, 9.17) is 17.3 Å². The number of amides is 1. The summed E-state index contributed by atoms with van der Waals surface area (Å²) in [5.74, 6) is -0.230. The zero-order chi connectivity index (χ0) is 15.0. The largest absolute Gasteiger partial charge is 0.312 e. The minimum Gasteiger partial charge on any atom is -0.312 e. The average Bonchev–Trinajstić information content (AvgIpc) is 2.60. The highest BCUT2D eigenvalue weighted by molar-refractivity contribution is 6.30. The van der Waals surface area contributed by atoms with Gasteiger partial charge in [0.1, 0.15) is 0 Å². The number of carbonyl (C=O) groups is 1. The van der Waals surface area contributed by atoms with Gasteiger partial charge in [-0.3, -0.25) is 9.79 Å². The van der Waals surface area contributed by atoms with E-state index < -0.39 is 6.17 Å². The van der Waals surface area contributed by atoms with Crippen LogP contribution >= 0.6 is 11.6 Å². The molecule has 0 saturated carbocycles. The van der Waals surface area contributed by atoms with Crippen molar-refractivity contribution in [1.82, 2.24) is 0 Å². The first-order valence-corrected chi connectivity index (χ1v) is 6.92. The average molecular weight is 300 g/mol. The molecule has 1 atom stereocenters. The number of anilines is 1. The first kappa shape index (κ1) is 13.8. The van der Waals surface area contributed by atoms with Gasteiger partial charge in [0, 0.05) is 23.2 Å². The molecule has 0 saturated heterocycles. The Bertz CT molecular complexity index is 725. The van der Waals surface area contributed by atoms with E-state index in [-0.39, 0.29) is 5.91 Å². The highest BCUT2D eigenvalue weighted by Crippen LogP contribution is 2.27. The third kappa shape index (κ3) is 2.44. The van der Waals surface area contributed by atoms with E-state index in [1.54, 1.807) is 24.1 Å². The van der Waals surface area contributed by atoms with Gasteiger partial charge in [0.25, 0.3) is 5.91 Å². The lowest BCUT2D eigenvalue weighted by Crippen LogP contribution is -2.39. The highest BCUT2D eigenvalue weighted by Gasteiger charge is 2.27. The second kappa shape index (κ2) is 5.31. The van der Waals surface area contributed by atoms with Crippen molar-refractivity contribution in [3.63, 3.8) is 0 Å². The van der Waals surface area contributed by atoms with Crippen LogP contribution in [0.1, 0.15) is 11.1 Å². The summed E-state index contributed by atoms with van der Waals surface area (Å²) >= 11 is 5.93. The molecular formula is C16H14ClN3O. The van der Waals surface area contributed by atoms with E-state index in [9.17, 15) is 4.79 Å². The van der Waals surface area contributed by atoms with Crippen molar-refractivity contribution in [2.45, 2.75) is 6.17 Å². The number of hydrogen-bond acceptors (Lipinski definition) is 3. The van der Waals surface area contributed by atoms with Crippen molar-refractivity contribution in [2.24, 2.45) is 10.7 Å². The number of hydrogen-bond donors (Lipinski definition) is 1. The summed E-state index contributed by atoms with van der Waals surface area (Å²) in [7, 11) is 1.71. The van der Waals surface area contributed by atoms with E-state index in [0.29, 0.717) is 10.7 Å². The van der Waals surface area contributed by atoms with Gasteiger partial charge in [-0.05, 0) is 18.2 Å². The molecule has 0 fully saturated rings. The monoisotopic (exact) mass is 299 g/mol. The van der Waals surface area contributed by atoms with Gasteiger partial charge in [-0.15, -0.1) is 0 Å². The summed E-state index contributed by atoms with van der Waals surface area (Å²) < 4.78 is 0. The molecule has 1 heterocycles. The number of benzodiazepines with no additional fused rings is 1. The maximum Gasteiger partial charge on any atom is 0.266 e. The maximum atomic E-state index is 12.2. The Morgan fingerprint density at radius 3 is 2.52 bits per heavy atom. The van der Waals surface area contributed by atoms with Crippen molar-refractivity contribution < 1.29 is 4.79 Å². The summed E-state index contributed by atoms with van der Waals surface area (Å²) in [6.07, 6.45) is -0.909. The highest BCUT2D eigenvalue weighted by atomic mass is 35.5. The molecule has 0 spiro atoms. The predicted octanol–water partition coefficient (Wildman–Crippen LogP) is 2.44. The van der Waals surface area contributed by atoms with Crippen molar-refractivity contribution >= 4 is 28.9 Å². The molecule has 21 heavy (non-hydrogen) atoms. The lowest BCUT2D eigenvalue weighted by atomic mass is 10.0. The smallest absolute Gasteiger partial charge is 0.266 e. The van der Waals surface area contributed by atoms with Crippen LogP contribution in [0.25, 0.3) is 0 Å². The molecule has 106 valence electrons. The Labute approximate surface area is 127 Å². The molecule has 0 radical (unpaired) electrons. The number of rotatable bonds is 1. The molecule has 1 amide bonds. The molecule has 0 bridgehead atoms. The Morgan fingerprint density at radius 1 is 1.14 bits per heavy atom. The molecule has 2 aromatic rings. The molecular weight excluding hydrogens is 286 g/mol. The number of nitrogens with two attached hydrogens (primary N) is 1. The van der Waals surface area contributed by atoms with Crippen LogP contribution in [0.2, 0.25) is 5.02 Å². The zero-order valence-corrected chi connectivity index (χ0v) is 12.2. The van der Waals surface area contributed by atoms with Gasteiger partial charge in [0.15, 0.2) is 6.17 Å². The molecule has 1 aliphatic rings. The minimum absolute atomic E-state index is 0.230. The molecule has 4 nitrogen and oxygen atoms in total. The van der Waals surface area contributed by atoms with Gasteiger partial charge in [-0.1, -0.05) is 41.9 Å². The van der Waals surface area contributed by atoms with Crippen LogP contribution in [0.15, 0.2) is 53.5 Å². The van der Waals surface area contributed by atoms with Crippen LogP contribution in [0, 0.1) is 0 Å². The topological polar surface area (TPSA) is 58.7 Å². The van der Waals surface area contributed by atoms with E-state index in [2.05, 4.69) is 4.99 Å². The Balaban J connectivity index is 2.22. The number of benzene rings is 2. The van der Waals surface area contributed by atoms with E-state index in [1.807, 2.05) is 36.4 Å². The molecule has 2 N–H and O–H groups in total. The molecule has 5 heteroatoms. The Kier molecular flexibility index (Phi) is 3.49. The lowest BCUT2D eigenvalue weighted by Gasteiger charge is -2.18. The van der Waals surface area contributed by atoms with Gasteiger partial charge < -0.3 is 10.6 Å². The van der Waals surface area contributed by atoms with Crippen molar-refractivity contribution in [3.05, 3.63) is 64.7 Å². The summed E-state index contributed by atoms with van der Waals surface area (Å²) in [4.78, 5) is 18.2. The second-order valence-corrected chi connectivity index (χ2v) is 5.28. The summed E-state index contributed by atoms with van der Waals surface area (Å²) in [5.41, 5.74) is 9.16. The van der Waals surface area contributed by atoms with Crippen LogP contribution in [-0.4, -0.2) is 24.8 Å². The molecule has 1 aliphatic heterocycles. The number of aliphatic imine (C=N–C) groups is 1. The zero-order valence-electron chi connectivity index (χ0n) is 11.5. The van der Waals surface area contributed by atoms with Crippen LogP contribution in [-0.2, 0) is 4.79 Å². The fourth-order valence-corrected chi connectivity index (χ4v) is 2.51. The Morgan fingerprint density at radius 2 is 1.81 bits per heavy atom. The maximum absolute atomic E-state index is 12.2. The lowest BCUT2D eigenvalue weighted by molar-refractivity contribution is -0.119. The third-order valence-corrected chi connectivity index (χ3v) is 3.74. The molecule has 2 aromatic carbocycles. The first-order chi connectivity index (χ1) is 10.1. The van der Waals surface area contributed by atoms with Gasteiger partial charge in [-0.25, -0.2) is 0 Å². The van der Waals surface area contributed by atoms with Gasteiger partial charge >= 0.3 is 0 Å². The normalized spacial score (nSPS) is 18.0. The minimum atomic E-state index is -0.909. The number of likely N-dealkylation sites (N-methyl/N-ethyl adjacent to an activating group) is 1. The van der Waals surface area contributed by atoms with Crippen molar-refractivity contribution in [3.8, 4) is 0 Å². The summed E-state index contributed by atoms with van der Waals surface area (Å²) in [5, 5.41) is 0.652. The molecule has 3 rings (SSSR count).